The minimum absolute atomic E-state index is 0.256. The summed E-state index contributed by atoms with van der Waals surface area (Å²) >= 11 is 0. The van der Waals surface area contributed by atoms with Crippen LogP contribution < -0.4 is 5.32 Å². The van der Waals surface area contributed by atoms with E-state index >= 15 is 0 Å². The average Bonchev–Trinajstić information content (AvgIpc) is 2.15. The van der Waals surface area contributed by atoms with Crippen LogP contribution in [0.1, 0.15) is 20.8 Å². The lowest BCUT2D eigenvalue weighted by Gasteiger charge is -2.17. The third kappa shape index (κ3) is 5.80. The molecular weight excluding hydrogens is 222 g/mol. The van der Waals surface area contributed by atoms with Crippen molar-refractivity contribution in [1.29, 1.82) is 0 Å². The second-order valence-corrected chi connectivity index (χ2v) is 7.24. The average molecular weight is 239 g/mol. The Balaban J connectivity index is 2.38. The van der Waals surface area contributed by atoms with Gasteiger partial charge < -0.3 is 5.32 Å². The molecule has 3 heteroatoms. The Morgan fingerprint density at radius 2 is 1.80 bits per heavy atom. The third-order valence-electron chi connectivity index (χ3n) is 1.45. The van der Waals surface area contributed by atoms with Crippen molar-refractivity contribution >= 4 is 27.3 Å². The molecule has 0 aliphatic carbocycles. The smallest absolute Gasteiger partial charge is 0.0760 e. The minimum Gasteiger partial charge on any atom is -0.350 e. The van der Waals surface area contributed by atoms with E-state index in [2.05, 4.69) is 32.7 Å². The molecule has 0 radical (unpaired) electrons. The fourth-order valence-corrected chi connectivity index (χ4v) is 2.57. The van der Waals surface area contributed by atoms with Crippen LogP contribution in [0, 0.1) is 0 Å². The van der Waals surface area contributed by atoms with E-state index in [0.717, 1.165) is 10.7 Å². The standard InChI is InChI=1S/C12H17NS2/c1-10(14-15-12(2,3)4)13-11-8-6-5-7-9-11/h5-9,13H,1H2,2-4H3. The number of hydrogen-bond acceptors (Lipinski definition) is 3. The highest BCUT2D eigenvalue weighted by atomic mass is 33.1. The van der Waals surface area contributed by atoms with E-state index in [0.29, 0.717) is 0 Å². The first-order chi connectivity index (χ1) is 6.97. The zero-order chi connectivity index (χ0) is 11.3. The van der Waals surface area contributed by atoms with Crippen molar-refractivity contribution in [1.82, 2.24) is 0 Å². The van der Waals surface area contributed by atoms with Gasteiger partial charge in [-0.2, -0.15) is 0 Å². The Hall–Kier alpha value is -0.540. The molecule has 82 valence electrons. The van der Waals surface area contributed by atoms with Crippen LogP contribution in [-0.4, -0.2) is 4.75 Å². The van der Waals surface area contributed by atoms with Gasteiger partial charge in [0.25, 0.3) is 0 Å². The van der Waals surface area contributed by atoms with Crippen molar-refractivity contribution in [3.63, 3.8) is 0 Å². The molecule has 0 amide bonds. The summed E-state index contributed by atoms with van der Waals surface area (Å²) in [5, 5.41) is 4.24. The van der Waals surface area contributed by atoms with Crippen LogP contribution in [0.3, 0.4) is 0 Å². The highest BCUT2D eigenvalue weighted by Gasteiger charge is 2.11. The maximum Gasteiger partial charge on any atom is 0.0760 e. The zero-order valence-corrected chi connectivity index (χ0v) is 11.0. The summed E-state index contributed by atoms with van der Waals surface area (Å²) in [5.41, 5.74) is 1.09. The van der Waals surface area contributed by atoms with Crippen LogP contribution >= 0.6 is 21.6 Å². The molecule has 0 aliphatic rings. The predicted octanol–water partition coefficient (Wildman–Crippen LogP) is 4.75. The molecule has 0 aromatic heterocycles. The maximum atomic E-state index is 3.98. The minimum atomic E-state index is 0.256. The summed E-state index contributed by atoms with van der Waals surface area (Å²) in [6.07, 6.45) is 0. The van der Waals surface area contributed by atoms with Crippen molar-refractivity contribution in [2.45, 2.75) is 25.5 Å². The molecule has 0 saturated carbocycles. The molecule has 1 nitrogen and oxygen atoms in total. The second-order valence-electron chi connectivity index (χ2n) is 4.19. The summed E-state index contributed by atoms with van der Waals surface area (Å²) in [6, 6.07) is 10.1. The highest BCUT2D eigenvalue weighted by Crippen LogP contribution is 2.39. The molecule has 0 unspecified atom stereocenters. The summed E-state index contributed by atoms with van der Waals surface area (Å²) in [4.78, 5) is 0. The van der Waals surface area contributed by atoms with Gasteiger partial charge in [-0.3, -0.25) is 0 Å². The first-order valence-corrected chi connectivity index (χ1v) is 6.99. The normalized spacial score (nSPS) is 11.1. The largest absolute Gasteiger partial charge is 0.350 e. The Morgan fingerprint density at radius 3 is 2.33 bits per heavy atom. The summed E-state index contributed by atoms with van der Waals surface area (Å²) in [5.74, 6) is 0. The summed E-state index contributed by atoms with van der Waals surface area (Å²) < 4.78 is 0.256. The van der Waals surface area contributed by atoms with E-state index in [4.69, 9.17) is 0 Å². The van der Waals surface area contributed by atoms with E-state index < -0.39 is 0 Å². The monoisotopic (exact) mass is 239 g/mol. The van der Waals surface area contributed by atoms with E-state index in [1.54, 1.807) is 10.8 Å². The van der Waals surface area contributed by atoms with Gasteiger partial charge >= 0.3 is 0 Å². The SMILES string of the molecule is C=C(Nc1ccccc1)SSC(C)(C)C. The van der Waals surface area contributed by atoms with Gasteiger partial charge in [-0.1, -0.05) is 56.3 Å². The quantitative estimate of drug-likeness (QED) is 0.762. The number of para-hydroxylation sites is 1. The first kappa shape index (κ1) is 12.5. The van der Waals surface area contributed by atoms with Crippen molar-refractivity contribution in [3.8, 4) is 0 Å². The van der Waals surface area contributed by atoms with Crippen LogP contribution in [0.2, 0.25) is 0 Å². The molecule has 0 saturated heterocycles. The molecule has 1 aromatic carbocycles. The second kappa shape index (κ2) is 5.52. The first-order valence-electron chi connectivity index (χ1n) is 4.84. The topological polar surface area (TPSA) is 12.0 Å². The molecule has 0 fully saturated rings. The molecule has 15 heavy (non-hydrogen) atoms. The van der Waals surface area contributed by atoms with Gasteiger partial charge in [-0.05, 0) is 22.9 Å². The molecule has 1 N–H and O–H groups in total. The predicted molar refractivity (Wildman–Crippen MR) is 74.1 cm³/mol. The Labute approximate surface area is 100 Å². The van der Waals surface area contributed by atoms with Crippen molar-refractivity contribution in [3.05, 3.63) is 41.9 Å². The number of anilines is 1. The maximum absolute atomic E-state index is 3.98. The van der Waals surface area contributed by atoms with Crippen molar-refractivity contribution < 1.29 is 0 Å². The molecule has 0 aliphatic heterocycles. The van der Waals surface area contributed by atoms with Gasteiger partial charge in [0.15, 0.2) is 0 Å². The van der Waals surface area contributed by atoms with Crippen LogP contribution in [0.25, 0.3) is 0 Å². The van der Waals surface area contributed by atoms with E-state index in [1.807, 2.05) is 41.1 Å². The molecule has 1 rings (SSSR count). The molecule has 0 heterocycles. The molecule has 0 spiro atoms. The number of hydrogen-bond donors (Lipinski definition) is 1. The van der Waals surface area contributed by atoms with Gasteiger partial charge in [0.2, 0.25) is 0 Å². The van der Waals surface area contributed by atoms with Gasteiger partial charge in [0.1, 0.15) is 0 Å². The zero-order valence-electron chi connectivity index (χ0n) is 9.41. The Kier molecular flexibility index (Phi) is 4.61. The lowest BCUT2D eigenvalue weighted by atomic mass is 10.3. The molecule has 0 bridgehead atoms. The molecular formula is C12H17NS2. The van der Waals surface area contributed by atoms with Gasteiger partial charge in [-0.25, -0.2) is 0 Å². The van der Waals surface area contributed by atoms with E-state index in [1.165, 1.54) is 0 Å². The fraction of sp³-hybridized carbons (Fsp3) is 0.333. The summed E-state index contributed by atoms with van der Waals surface area (Å²) in [7, 11) is 3.50. The lowest BCUT2D eigenvalue weighted by Crippen LogP contribution is -2.05. The van der Waals surface area contributed by atoms with Crippen molar-refractivity contribution in [2.75, 3.05) is 5.32 Å². The highest BCUT2D eigenvalue weighted by molar-refractivity contribution is 8.78. The molecule has 0 atom stereocenters. The van der Waals surface area contributed by atoms with Crippen LogP contribution in [0.5, 0.6) is 0 Å². The van der Waals surface area contributed by atoms with Gasteiger partial charge in [0, 0.05) is 10.4 Å². The summed E-state index contributed by atoms with van der Waals surface area (Å²) in [6.45, 7) is 10.6. The number of benzene rings is 1. The lowest BCUT2D eigenvalue weighted by molar-refractivity contribution is 0.810. The van der Waals surface area contributed by atoms with Crippen LogP contribution in [0.4, 0.5) is 5.69 Å². The Morgan fingerprint density at radius 1 is 1.20 bits per heavy atom. The van der Waals surface area contributed by atoms with Gasteiger partial charge in [-0.15, -0.1) is 0 Å². The third-order valence-corrected chi connectivity index (χ3v) is 4.69. The number of nitrogens with one attached hydrogen (secondary N) is 1. The van der Waals surface area contributed by atoms with Crippen LogP contribution in [0.15, 0.2) is 41.9 Å². The van der Waals surface area contributed by atoms with Crippen LogP contribution in [-0.2, 0) is 0 Å². The number of rotatable bonds is 4. The van der Waals surface area contributed by atoms with Crippen molar-refractivity contribution in [2.24, 2.45) is 0 Å². The van der Waals surface area contributed by atoms with E-state index in [-0.39, 0.29) is 4.75 Å². The van der Waals surface area contributed by atoms with E-state index in [9.17, 15) is 0 Å². The Bertz CT molecular complexity index is 314. The fourth-order valence-electron chi connectivity index (χ4n) is 0.879. The van der Waals surface area contributed by atoms with Gasteiger partial charge in [0.05, 0.1) is 5.03 Å². The molecule has 1 aromatic rings.